The number of nitrogens with two attached hydrogens (primary N) is 1. The molecule has 9 nitrogen and oxygen atoms in total. The van der Waals surface area contributed by atoms with Crippen molar-refractivity contribution >= 4 is 23.1 Å². The topological polar surface area (TPSA) is 125 Å². The predicted molar refractivity (Wildman–Crippen MR) is 78.9 cm³/mol. The Bertz CT molecular complexity index is 814. The Morgan fingerprint density at radius 1 is 1.50 bits per heavy atom. The smallest absolute Gasteiger partial charge is 0.420 e. The Labute approximate surface area is 125 Å². The third-order valence-corrected chi connectivity index (χ3v) is 2.94. The average molecular weight is 305 g/mol. The van der Waals surface area contributed by atoms with Crippen LogP contribution < -0.4 is 16.2 Å². The molecule has 0 saturated heterocycles. The Morgan fingerprint density at radius 3 is 2.82 bits per heavy atom. The molecule has 0 aromatic carbocycles. The standard InChI is InChI=1S/C13H15N5O4/c1-3-5-7-22-11-15-9(14)8-10(16-11)17(6-4-2)12(19)18(8)13(20)21/h2H,3,5-7H2,1H3,(H,20,21)(H2,14,15,16). The quantitative estimate of drug-likeness (QED) is 0.609. The normalized spacial score (nSPS) is 10.5. The number of rotatable bonds is 5. The van der Waals surface area contributed by atoms with Crippen molar-refractivity contribution < 1.29 is 14.6 Å². The molecule has 2 aromatic rings. The first kappa shape index (κ1) is 15.4. The van der Waals surface area contributed by atoms with Crippen LogP contribution in [-0.4, -0.2) is 36.9 Å². The predicted octanol–water partition coefficient (Wildman–Crippen LogP) is 0.513. The number of hydrogen-bond donors (Lipinski definition) is 2. The largest absolute Gasteiger partial charge is 0.464 e. The summed E-state index contributed by atoms with van der Waals surface area (Å²) in [6.07, 6.45) is 5.45. The summed E-state index contributed by atoms with van der Waals surface area (Å²) in [4.78, 5) is 31.3. The number of nitrogen functional groups attached to an aromatic ring is 1. The van der Waals surface area contributed by atoms with Crippen molar-refractivity contribution in [3.05, 3.63) is 10.5 Å². The molecule has 3 N–H and O–H groups in total. The lowest BCUT2D eigenvalue weighted by atomic mass is 10.4. The molecule has 0 amide bonds. The lowest BCUT2D eigenvalue weighted by Gasteiger charge is -2.05. The molecule has 2 heterocycles. The Hall–Kier alpha value is -3.02. The van der Waals surface area contributed by atoms with Gasteiger partial charge in [0.1, 0.15) is 5.52 Å². The molecule has 2 aromatic heterocycles. The lowest BCUT2D eigenvalue weighted by molar-refractivity contribution is 0.196. The van der Waals surface area contributed by atoms with Gasteiger partial charge in [-0.2, -0.15) is 14.5 Å². The van der Waals surface area contributed by atoms with E-state index in [0.29, 0.717) is 11.2 Å². The third-order valence-electron chi connectivity index (χ3n) is 2.94. The van der Waals surface area contributed by atoms with Gasteiger partial charge in [-0.05, 0) is 6.42 Å². The minimum atomic E-state index is -1.49. The number of imidazole rings is 1. The first-order valence-electron chi connectivity index (χ1n) is 6.59. The molecular weight excluding hydrogens is 290 g/mol. The van der Waals surface area contributed by atoms with Crippen molar-refractivity contribution in [1.82, 2.24) is 19.1 Å². The second-order valence-electron chi connectivity index (χ2n) is 4.46. The van der Waals surface area contributed by atoms with Crippen molar-refractivity contribution in [3.8, 4) is 18.4 Å². The lowest BCUT2D eigenvalue weighted by Crippen LogP contribution is -2.28. The summed E-state index contributed by atoms with van der Waals surface area (Å²) in [5.74, 6) is 2.11. The number of anilines is 1. The highest BCUT2D eigenvalue weighted by molar-refractivity contribution is 5.90. The molecule has 0 fully saturated rings. The van der Waals surface area contributed by atoms with Gasteiger partial charge in [0.2, 0.25) is 0 Å². The van der Waals surface area contributed by atoms with Crippen LogP contribution in [0.3, 0.4) is 0 Å². The zero-order chi connectivity index (χ0) is 16.3. The van der Waals surface area contributed by atoms with Crippen LogP contribution in [0.4, 0.5) is 10.6 Å². The van der Waals surface area contributed by atoms with E-state index in [4.69, 9.17) is 22.0 Å². The van der Waals surface area contributed by atoms with E-state index in [1.807, 2.05) is 6.92 Å². The number of ether oxygens (including phenoxy) is 1. The van der Waals surface area contributed by atoms with Crippen LogP contribution >= 0.6 is 0 Å². The fourth-order valence-corrected chi connectivity index (χ4v) is 1.93. The van der Waals surface area contributed by atoms with Gasteiger partial charge in [-0.1, -0.05) is 19.3 Å². The first-order valence-corrected chi connectivity index (χ1v) is 6.59. The van der Waals surface area contributed by atoms with Gasteiger partial charge in [-0.25, -0.2) is 9.59 Å². The van der Waals surface area contributed by atoms with Gasteiger partial charge in [0.05, 0.1) is 13.2 Å². The number of carbonyl (C=O) groups is 1. The number of nitrogens with zero attached hydrogens (tertiary/aromatic N) is 4. The number of carboxylic acid groups (broad SMARTS) is 1. The van der Waals surface area contributed by atoms with Gasteiger partial charge in [-0.15, -0.1) is 6.42 Å². The molecule has 2 rings (SSSR count). The zero-order valence-electron chi connectivity index (χ0n) is 11.9. The summed E-state index contributed by atoms with van der Waals surface area (Å²) >= 11 is 0. The number of unbranched alkanes of at least 4 members (excludes halogenated alkanes) is 1. The summed E-state index contributed by atoms with van der Waals surface area (Å²) in [7, 11) is 0. The second-order valence-corrected chi connectivity index (χ2v) is 4.46. The van der Waals surface area contributed by atoms with Gasteiger partial charge < -0.3 is 15.6 Å². The van der Waals surface area contributed by atoms with Crippen LogP contribution in [0.5, 0.6) is 6.01 Å². The van der Waals surface area contributed by atoms with Gasteiger partial charge in [0, 0.05) is 0 Å². The molecule has 0 aliphatic rings. The Morgan fingerprint density at radius 2 is 2.23 bits per heavy atom. The number of hydrogen-bond acceptors (Lipinski definition) is 6. The average Bonchev–Trinajstić information content (AvgIpc) is 2.74. The maximum Gasteiger partial charge on any atom is 0.420 e. The van der Waals surface area contributed by atoms with Gasteiger partial charge >= 0.3 is 17.8 Å². The summed E-state index contributed by atoms with van der Waals surface area (Å²) in [6, 6.07) is -0.0215. The van der Waals surface area contributed by atoms with Crippen LogP contribution in [0.1, 0.15) is 19.8 Å². The molecule has 0 atom stereocenters. The number of fused-ring (bicyclic) bond motifs is 1. The molecule has 0 saturated carbocycles. The summed E-state index contributed by atoms with van der Waals surface area (Å²) in [6.45, 7) is 2.25. The third kappa shape index (κ3) is 2.58. The SMILES string of the molecule is C#CCn1c(=O)n(C(=O)O)c2c(N)nc(OCCCC)nc21. The molecule has 0 bridgehead atoms. The molecule has 116 valence electrons. The van der Waals surface area contributed by atoms with E-state index in [9.17, 15) is 9.59 Å². The van der Waals surface area contributed by atoms with Crippen molar-refractivity contribution in [3.63, 3.8) is 0 Å². The van der Waals surface area contributed by atoms with Crippen LogP contribution in [0.15, 0.2) is 4.79 Å². The van der Waals surface area contributed by atoms with Crippen molar-refractivity contribution in [2.24, 2.45) is 0 Å². The highest BCUT2D eigenvalue weighted by Crippen LogP contribution is 2.20. The highest BCUT2D eigenvalue weighted by Gasteiger charge is 2.22. The molecule has 0 aliphatic heterocycles. The maximum absolute atomic E-state index is 12.1. The van der Waals surface area contributed by atoms with Crippen LogP contribution in [0.25, 0.3) is 11.2 Å². The van der Waals surface area contributed by atoms with E-state index in [0.717, 1.165) is 17.4 Å². The van der Waals surface area contributed by atoms with Gasteiger partial charge in [0.15, 0.2) is 11.5 Å². The van der Waals surface area contributed by atoms with Crippen LogP contribution in [0, 0.1) is 12.3 Å². The second kappa shape index (κ2) is 6.17. The summed E-state index contributed by atoms with van der Waals surface area (Å²) in [5.41, 5.74) is 4.85. The molecule has 22 heavy (non-hydrogen) atoms. The highest BCUT2D eigenvalue weighted by atomic mass is 16.5. The first-order chi connectivity index (χ1) is 10.5. The van der Waals surface area contributed by atoms with E-state index < -0.39 is 11.8 Å². The maximum atomic E-state index is 12.1. The monoisotopic (exact) mass is 305 g/mol. The van der Waals surface area contributed by atoms with Crippen molar-refractivity contribution in [2.45, 2.75) is 26.3 Å². The molecular formula is C13H15N5O4. The number of aromatic nitrogens is 4. The van der Waals surface area contributed by atoms with E-state index in [1.54, 1.807) is 0 Å². The van der Waals surface area contributed by atoms with Crippen LogP contribution in [-0.2, 0) is 6.54 Å². The number of terminal acetylenes is 1. The fourth-order valence-electron chi connectivity index (χ4n) is 1.93. The minimum absolute atomic E-state index is 0.0215. The molecule has 0 spiro atoms. The molecule has 0 radical (unpaired) electrons. The zero-order valence-corrected chi connectivity index (χ0v) is 11.9. The van der Waals surface area contributed by atoms with Crippen molar-refractivity contribution in [2.75, 3.05) is 12.3 Å². The van der Waals surface area contributed by atoms with E-state index in [-0.39, 0.29) is 29.5 Å². The fraction of sp³-hybridized carbons (Fsp3) is 0.385. The van der Waals surface area contributed by atoms with E-state index in [2.05, 4.69) is 15.9 Å². The van der Waals surface area contributed by atoms with Crippen LogP contribution in [0.2, 0.25) is 0 Å². The molecule has 9 heteroatoms. The van der Waals surface area contributed by atoms with E-state index in [1.165, 1.54) is 0 Å². The minimum Gasteiger partial charge on any atom is -0.464 e. The molecule has 0 unspecified atom stereocenters. The van der Waals surface area contributed by atoms with Crippen molar-refractivity contribution in [1.29, 1.82) is 0 Å². The molecule has 0 aliphatic carbocycles. The summed E-state index contributed by atoms with van der Waals surface area (Å²) < 4.78 is 6.86. The van der Waals surface area contributed by atoms with Gasteiger partial charge in [-0.3, -0.25) is 4.57 Å². The van der Waals surface area contributed by atoms with Gasteiger partial charge in [0.25, 0.3) is 0 Å². The Balaban J connectivity index is 2.66. The van der Waals surface area contributed by atoms with E-state index >= 15 is 0 Å². The Kier molecular flexibility index (Phi) is 4.31. The summed E-state index contributed by atoms with van der Waals surface area (Å²) in [5, 5.41) is 9.17.